The van der Waals surface area contributed by atoms with Gasteiger partial charge in [0.25, 0.3) is 0 Å². The van der Waals surface area contributed by atoms with Crippen LogP contribution >= 0.6 is 11.8 Å². The molecule has 1 saturated heterocycles. The van der Waals surface area contributed by atoms with E-state index in [0.717, 1.165) is 5.75 Å². The van der Waals surface area contributed by atoms with Gasteiger partial charge in [0.2, 0.25) is 0 Å². The Morgan fingerprint density at radius 2 is 2.06 bits per heavy atom. The highest BCUT2D eigenvalue weighted by atomic mass is 32.2. The summed E-state index contributed by atoms with van der Waals surface area (Å²) in [5.41, 5.74) is 5.78. The lowest BCUT2D eigenvalue weighted by Gasteiger charge is -2.28. The van der Waals surface area contributed by atoms with E-state index in [-0.39, 0.29) is 11.7 Å². The average molecular weight is 245 g/mol. The van der Waals surface area contributed by atoms with Crippen molar-refractivity contribution in [1.82, 2.24) is 0 Å². The summed E-state index contributed by atoms with van der Waals surface area (Å²) in [6, 6.07) is 3.02. The Morgan fingerprint density at radius 3 is 2.62 bits per heavy atom. The molecule has 2 atom stereocenters. The minimum absolute atomic E-state index is 0.0741. The molecule has 2 rings (SSSR count). The fourth-order valence-electron chi connectivity index (χ4n) is 1.73. The summed E-state index contributed by atoms with van der Waals surface area (Å²) in [6.45, 7) is 0.582. The summed E-state index contributed by atoms with van der Waals surface area (Å²) < 4.78 is 32.4. The molecule has 2 unspecified atom stereocenters. The molecular formula is C11H13F2NOS. The van der Waals surface area contributed by atoms with Gasteiger partial charge in [-0.1, -0.05) is 6.07 Å². The molecule has 88 valence electrons. The fraction of sp³-hybridized carbons (Fsp3) is 0.455. The van der Waals surface area contributed by atoms with Gasteiger partial charge in [0.05, 0.1) is 18.8 Å². The predicted octanol–water partition coefficient (Wildman–Crippen LogP) is 2.10. The van der Waals surface area contributed by atoms with Crippen molar-refractivity contribution in [2.24, 2.45) is 5.73 Å². The van der Waals surface area contributed by atoms with Crippen molar-refractivity contribution in [2.45, 2.75) is 12.1 Å². The molecule has 1 aliphatic rings. The normalized spacial score (nSPS) is 23.1. The molecule has 0 saturated carbocycles. The van der Waals surface area contributed by atoms with Crippen LogP contribution in [0.1, 0.15) is 11.6 Å². The summed E-state index contributed by atoms with van der Waals surface area (Å²) in [6.07, 6.45) is -0.315. The number of ether oxygens (including phenoxy) is 1. The first-order valence-corrected chi connectivity index (χ1v) is 6.24. The second-order valence-electron chi connectivity index (χ2n) is 3.65. The molecule has 1 aromatic carbocycles. The van der Waals surface area contributed by atoms with Crippen LogP contribution in [0.15, 0.2) is 18.2 Å². The van der Waals surface area contributed by atoms with Crippen molar-refractivity contribution in [3.63, 3.8) is 0 Å². The molecule has 1 fully saturated rings. The van der Waals surface area contributed by atoms with Crippen LogP contribution < -0.4 is 5.73 Å². The molecule has 5 heteroatoms. The third kappa shape index (κ3) is 2.36. The Kier molecular flexibility index (Phi) is 3.78. The Morgan fingerprint density at radius 1 is 1.38 bits per heavy atom. The van der Waals surface area contributed by atoms with Gasteiger partial charge in [0, 0.05) is 17.1 Å². The Balaban J connectivity index is 2.22. The zero-order chi connectivity index (χ0) is 11.5. The minimum atomic E-state index is -0.742. The highest BCUT2D eigenvalue weighted by molar-refractivity contribution is 7.99. The zero-order valence-electron chi connectivity index (χ0n) is 8.66. The molecule has 1 aliphatic heterocycles. The van der Waals surface area contributed by atoms with Crippen molar-refractivity contribution >= 4 is 11.8 Å². The largest absolute Gasteiger partial charge is 0.375 e. The molecule has 1 aromatic rings. The van der Waals surface area contributed by atoms with Crippen LogP contribution in [0.25, 0.3) is 0 Å². The maximum atomic E-state index is 13.5. The number of halogens is 2. The van der Waals surface area contributed by atoms with Gasteiger partial charge in [-0.25, -0.2) is 8.78 Å². The third-order valence-electron chi connectivity index (χ3n) is 2.58. The molecule has 2 nitrogen and oxygen atoms in total. The van der Waals surface area contributed by atoms with Crippen molar-refractivity contribution in [1.29, 1.82) is 0 Å². The first-order chi connectivity index (χ1) is 7.70. The van der Waals surface area contributed by atoms with E-state index in [0.29, 0.717) is 12.4 Å². The van der Waals surface area contributed by atoms with Crippen LogP contribution in [0.2, 0.25) is 0 Å². The third-order valence-corrected chi connectivity index (χ3v) is 3.59. The smallest absolute Gasteiger partial charge is 0.131 e. The second kappa shape index (κ2) is 5.12. The number of rotatable bonds is 2. The van der Waals surface area contributed by atoms with Crippen LogP contribution in [0.5, 0.6) is 0 Å². The van der Waals surface area contributed by atoms with Gasteiger partial charge in [-0.05, 0) is 12.1 Å². The number of hydrogen-bond acceptors (Lipinski definition) is 3. The van der Waals surface area contributed by atoms with E-state index in [9.17, 15) is 8.78 Å². The van der Waals surface area contributed by atoms with E-state index >= 15 is 0 Å². The zero-order valence-corrected chi connectivity index (χ0v) is 9.47. The van der Waals surface area contributed by atoms with Gasteiger partial charge < -0.3 is 10.5 Å². The summed E-state index contributed by atoms with van der Waals surface area (Å²) in [5.74, 6) is 0.371. The van der Waals surface area contributed by atoms with Crippen LogP contribution in [-0.2, 0) is 4.74 Å². The van der Waals surface area contributed by atoms with Gasteiger partial charge in [0.1, 0.15) is 11.6 Å². The Bertz CT molecular complexity index is 349. The highest BCUT2D eigenvalue weighted by Crippen LogP contribution is 2.27. The molecule has 16 heavy (non-hydrogen) atoms. The highest BCUT2D eigenvalue weighted by Gasteiger charge is 2.27. The maximum Gasteiger partial charge on any atom is 0.131 e. The first-order valence-electron chi connectivity index (χ1n) is 5.09. The Labute approximate surface area is 97.2 Å². The monoisotopic (exact) mass is 245 g/mol. The van der Waals surface area contributed by atoms with E-state index in [1.165, 1.54) is 18.2 Å². The average Bonchev–Trinajstić information content (AvgIpc) is 2.30. The predicted molar refractivity (Wildman–Crippen MR) is 60.4 cm³/mol. The van der Waals surface area contributed by atoms with E-state index in [1.807, 2.05) is 0 Å². The molecule has 2 N–H and O–H groups in total. The summed E-state index contributed by atoms with van der Waals surface area (Å²) >= 11 is 1.69. The van der Waals surface area contributed by atoms with Crippen molar-refractivity contribution in [3.05, 3.63) is 35.4 Å². The number of hydrogen-bond donors (Lipinski definition) is 1. The molecule has 0 amide bonds. The molecule has 0 spiro atoms. The lowest BCUT2D eigenvalue weighted by atomic mass is 10.0. The number of nitrogens with two attached hydrogens (primary N) is 1. The summed E-state index contributed by atoms with van der Waals surface area (Å²) in [5, 5.41) is 0. The quantitative estimate of drug-likeness (QED) is 0.866. The van der Waals surface area contributed by atoms with Crippen molar-refractivity contribution in [3.8, 4) is 0 Å². The van der Waals surface area contributed by atoms with Crippen LogP contribution in [0.3, 0.4) is 0 Å². The van der Waals surface area contributed by atoms with E-state index in [1.54, 1.807) is 11.8 Å². The molecule has 0 bridgehead atoms. The van der Waals surface area contributed by atoms with Gasteiger partial charge >= 0.3 is 0 Å². The molecule has 0 aliphatic carbocycles. The molecule has 1 heterocycles. The van der Waals surface area contributed by atoms with E-state index in [4.69, 9.17) is 10.5 Å². The standard InChI is InChI=1S/C11H13F2NOS/c12-7-2-1-3-8(13)10(7)11(14)9-6-16-5-4-15-9/h1-3,9,11H,4-6,14H2. The van der Waals surface area contributed by atoms with Gasteiger partial charge in [0.15, 0.2) is 0 Å². The van der Waals surface area contributed by atoms with Gasteiger partial charge in [-0.2, -0.15) is 11.8 Å². The summed E-state index contributed by atoms with van der Waals surface area (Å²) in [7, 11) is 0. The maximum absolute atomic E-state index is 13.5. The van der Waals surface area contributed by atoms with Crippen molar-refractivity contribution < 1.29 is 13.5 Å². The minimum Gasteiger partial charge on any atom is -0.375 e. The molecular weight excluding hydrogens is 232 g/mol. The fourth-order valence-corrected chi connectivity index (χ4v) is 2.65. The van der Waals surface area contributed by atoms with Crippen molar-refractivity contribution in [2.75, 3.05) is 18.1 Å². The first kappa shape index (κ1) is 11.8. The van der Waals surface area contributed by atoms with E-state index in [2.05, 4.69) is 0 Å². The number of thioether (sulfide) groups is 1. The molecule has 0 radical (unpaired) electrons. The lowest BCUT2D eigenvalue weighted by molar-refractivity contribution is 0.0552. The number of benzene rings is 1. The van der Waals surface area contributed by atoms with Crippen LogP contribution in [0, 0.1) is 11.6 Å². The topological polar surface area (TPSA) is 35.2 Å². The van der Waals surface area contributed by atoms with Gasteiger partial charge in [-0.3, -0.25) is 0 Å². The Hall–Kier alpha value is -0.650. The van der Waals surface area contributed by atoms with Crippen LogP contribution in [0.4, 0.5) is 8.78 Å². The summed E-state index contributed by atoms with van der Waals surface area (Å²) in [4.78, 5) is 0. The van der Waals surface area contributed by atoms with Gasteiger partial charge in [-0.15, -0.1) is 0 Å². The van der Waals surface area contributed by atoms with E-state index < -0.39 is 17.7 Å². The second-order valence-corrected chi connectivity index (χ2v) is 4.80. The SMILES string of the molecule is NC(c1c(F)cccc1F)C1CSCCO1. The molecule has 0 aromatic heterocycles. The lowest BCUT2D eigenvalue weighted by Crippen LogP contribution is -2.35. The van der Waals surface area contributed by atoms with Crippen LogP contribution in [-0.4, -0.2) is 24.2 Å².